The average Bonchev–Trinajstić information content (AvgIpc) is 2.64. The van der Waals surface area contributed by atoms with Gasteiger partial charge in [-0.2, -0.15) is 0 Å². The van der Waals surface area contributed by atoms with E-state index in [0.29, 0.717) is 11.1 Å². The van der Waals surface area contributed by atoms with Crippen molar-refractivity contribution < 1.29 is 9.90 Å². The fraction of sp³-hybridized carbons (Fsp3) is 0.533. The summed E-state index contributed by atoms with van der Waals surface area (Å²) < 4.78 is 0. The maximum Gasteiger partial charge on any atom is 0.254 e. The number of carbonyl (C=O) groups is 1. The van der Waals surface area contributed by atoms with Gasteiger partial charge in [-0.15, -0.1) is 11.6 Å². The van der Waals surface area contributed by atoms with Gasteiger partial charge in [0.15, 0.2) is 0 Å². The van der Waals surface area contributed by atoms with Crippen molar-refractivity contribution in [1.82, 2.24) is 4.90 Å². The van der Waals surface area contributed by atoms with Gasteiger partial charge >= 0.3 is 0 Å². The molecule has 2 bridgehead atoms. The Morgan fingerprint density at radius 1 is 1.32 bits per heavy atom. The summed E-state index contributed by atoms with van der Waals surface area (Å²) in [5.41, 5.74) is 1.28. The number of rotatable bonds is 1. The molecule has 1 N–H and O–H groups in total. The standard InChI is InChI=1S/C15H18ClNO2/c1-9-13(3-2-4-14(9)18)15(19)17-11-5-6-12(17)8-10(16)7-11/h2-4,10-12,18H,5-8H2,1H3. The second-order valence-corrected chi connectivity index (χ2v) is 6.23. The Bertz CT molecular complexity index is 503. The van der Waals surface area contributed by atoms with Crippen LogP contribution < -0.4 is 0 Å². The Morgan fingerprint density at radius 3 is 2.58 bits per heavy atom. The molecule has 1 aromatic rings. The summed E-state index contributed by atoms with van der Waals surface area (Å²) in [5.74, 6) is 0.231. The third-order valence-corrected chi connectivity index (χ3v) is 4.80. The monoisotopic (exact) mass is 279 g/mol. The first-order valence-electron chi connectivity index (χ1n) is 6.83. The normalized spacial score (nSPS) is 29.6. The van der Waals surface area contributed by atoms with Gasteiger partial charge in [-0.05, 0) is 44.7 Å². The Labute approximate surface area is 118 Å². The number of carbonyl (C=O) groups excluding carboxylic acids is 1. The molecule has 0 spiro atoms. The molecule has 2 heterocycles. The number of hydrogen-bond acceptors (Lipinski definition) is 2. The number of piperidine rings is 1. The maximum absolute atomic E-state index is 12.7. The number of halogens is 1. The third-order valence-electron chi connectivity index (χ3n) is 4.45. The molecule has 1 aromatic carbocycles. The lowest BCUT2D eigenvalue weighted by Crippen LogP contribution is -2.47. The van der Waals surface area contributed by atoms with Gasteiger partial charge in [0.05, 0.1) is 0 Å². The van der Waals surface area contributed by atoms with E-state index in [1.54, 1.807) is 25.1 Å². The molecule has 2 fully saturated rings. The minimum absolute atomic E-state index is 0.0458. The Morgan fingerprint density at radius 2 is 1.95 bits per heavy atom. The Kier molecular flexibility index (Phi) is 3.17. The van der Waals surface area contributed by atoms with E-state index in [4.69, 9.17) is 11.6 Å². The predicted octanol–water partition coefficient (Wildman–Crippen LogP) is 3.08. The maximum atomic E-state index is 12.7. The number of benzene rings is 1. The molecular formula is C15H18ClNO2. The highest BCUT2D eigenvalue weighted by Crippen LogP contribution is 2.39. The van der Waals surface area contributed by atoms with Gasteiger partial charge in [0.1, 0.15) is 5.75 Å². The SMILES string of the molecule is Cc1c(O)cccc1C(=O)N1C2CCC1CC(Cl)C2. The average molecular weight is 280 g/mol. The fourth-order valence-electron chi connectivity index (χ4n) is 3.44. The number of alkyl halides is 1. The van der Waals surface area contributed by atoms with Crippen LogP contribution in [-0.4, -0.2) is 33.4 Å². The molecular weight excluding hydrogens is 262 g/mol. The summed E-state index contributed by atoms with van der Waals surface area (Å²) in [5, 5.41) is 9.95. The first kappa shape index (κ1) is 12.8. The Balaban J connectivity index is 1.91. The number of aromatic hydroxyl groups is 1. The van der Waals surface area contributed by atoms with Crippen LogP contribution in [0.4, 0.5) is 0 Å². The zero-order chi connectivity index (χ0) is 13.6. The topological polar surface area (TPSA) is 40.5 Å². The molecule has 4 heteroatoms. The van der Waals surface area contributed by atoms with Crippen LogP contribution in [0.1, 0.15) is 41.6 Å². The molecule has 2 aliphatic rings. The minimum Gasteiger partial charge on any atom is -0.508 e. The number of phenolic OH excluding ortho intramolecular Hbond substituents is 1. The Hall–Kier alpha value is -1.22. The minimum atomic E-state index is 0.0458. The van der Waals surface area contributed by atoms with Gasteiger partial charge in [0.25, 0.3) is 5.91 Å². The van der Waals surface area contributed by atoms with Crippen LogP contribution in [0.2, 0.25) is 0 Å². The quantitative estimate of drug-likeness (QED) is 0.803. The number of amides is 1. The van der Waals surface area contributed by atoms with Crippen LogP contribution >= 0.6 is 11.6 Å². The van der Waals surface area contributed by atoms with E-state index < -0.39 is 0 Å². The molecule has 2 unspecified atom stereocenters. The van der Waals surface area contributed by atoms with Crippen LogP contribution in [-0.2, 0) is 0 Å². The van der Waals surface area contributed by atoms with Crippen molar-refractivity contribution in [3.63, 3.8) is 0 Å². The predicted molar refractivity (Wildman–Crippen MR) is 74.7 cm³/mol. The second kappa shape index (κ2) is 4.71. The summed E-state index contributed by atoms with van der Waals surface area (Å²) in [4.78, 5) is 14.7. The second-order valence-electron chi connectivity index (χ2n) is 5.62. The summed E-state index contributed by atoms with van der Waals surface area (Å²) in [7, 11) is 0. The van der Waals surface area contributed by atoms with E-state index >= 15 is 0 Å². The number of fused-ring (bicyclic) bond motifs is 2. The lowest BCUT2D eigenvalue weighted by Gasteiger charge is -2.37. The van der Waals surface area contributed by atoms with Gasteiger partial charge in [-0.1, -0.05) is 6.07 Å². The van der Waals surface area contributed by atoms with Crippen molar-refractivity contribution in [2.45, 2.75) is 50.1 Å². The lowest BCUT2D eigenvalue weighted by molar-refractivity contribution is 0.0598. The number of nitrogens with zero attached hydrogens (tertiary/aromatic N) is 1. The zero-order valence-corrected chi connectivity index (χ0v) is 11.7. The molecule has 19 heavy (non-hydrogen) atoms. The van der Waals surface area contributed by atoms with Crippen molar-refractivity contribution in [2.24, 2.45) is 0 Å². The molecule has 0 radical (unpaired) electrons. The van der Waals surface area contributed by atoms with Crippen LogP contribution in [0.15, 0.2) is 18.2 Å². The van der Waals surface area contributed by atoms with Crippen LogP contribution in [0.25, 0.3) is 0 Å². The van der Waals surface area contributed by atoms with Gasteiger partial charge in [0, 0.05) is 28.6 Å². The van der Waals surface area contributed by atoms with E-state index in [9.17, 15) is 9.90 Å². The highest BCUT2D eigenvalue weighted by atomic mass is 35.5. The first-order chi connectivity index (χ1) is 9.08. The molecule has 0 saturated carbocycles. The zero-order valence-electron chi connectivity index (χ0n) is 11.0. The van der Waals surface area contributed by atoms with Crippen molar-refractivity contribution in [3.05, 3.63) is 29.3 Å². The fourth-order valence-corrected chi connectivity index (χ4v) is 3.85. The molecule has 2 aliphatic heterocycles. The van der Waals surface area contributed by atoms with E-state index in [1.165, 1.54) is 0 Å². The van der Waals surface area contributed by atoms with Gasteiger partial charge < -0.3 is 10.0 Å². The molecule has 3 rings (SSSR count). The summed E-state index contributed by atoms with van der Waals surface area (Å²) in [6.07, 6.45) is 3.89. The molecule has 0 aliphatic carbocycles. The first-order valence-corrected chi connectivity index (χ1v) is 7.27. The van der Waals surface area contributed by atoms with Crippen molar-refractivity contribution in [1.29, 1.82) is 0 Å². The summed E-state index contributed by atoms with van der Waals surface area (Å²) in [6, 6.07) is 5.69. The molecule has 2 saturated heterocycles. The summed E-state index contributed by atoms with van der Waals surface area (Å²) in [6.45, 7) is 1.79. The van der Waals surface area contributed by atoms with Crippen molar-refractivity contribution >= 4 is 17.5 Å². The number of hydrogen-bond donors (Lipinski definition) is 1. The van der Waals surface area contributed by atoms with Crippen molar-refractivity contribution in [3.8, 4) is 5.75 Å². The van der Waals surface area contributed by atoms with Gasteiger partial charge in [-0.3, -0.25) is 4.79 Å². The van der Waals surface area contributed by atoms with E-state index in [2.05, 4.69) is 0 Å². The molecule has 3 nitrogen and oxygen atoms in total. The van der Waals surface area contributed by atoms with Crippen LogP contribution in [0, 0.1) is 6.92 Å². The molecule has 102 valence electrons. The molecule has 1 amide bonds. The molecule has 2 atom stereocenters. The lowest BCUT2D eigenvalue weighted by atomic mass is 9.99. The van der Waals surface area contributed by atoms with Crippen molar-refractivity contribution in [2.75, 3.05) is 0 Å². The van der Waals surface area contributed by atoms with Gasteiger partial charge in [-0.25, -0.2) is 0 Å². The van der Waals surface area contributed by atoms with E-state index in [0.717, 1.165) is 25.7 Å². The highest BCUT2D eigenvalue weighted by Gasteiger charge is 2.43. The van der Waals surface area contributed by atoms with E-state index in [-0.39, 0.29) is 29.1 Å². The summed E-state index contributed by atoms with van der Waals surface area (Å²) >= 11 is 6.24. The van der Waals surface area contributed by atoms with Gasteiger partial charge in [0.2, 0.25) is 0 Å². The third kappa shape index (κ3) is 2.10. The smallest absolute Gasteiger partial charge is 0.254 e. The largest absolute Gasteiger partial charge is 0.508 e. The molecule has 0 aromatic heterocycles. The highest BCUT2D eigenvalue weighted by molar-refractivity contribution is 6.20. The van der Waals surface area contributed by atoms with Crippen LogP contribution in [0.3, 0.4) is 0 Å². The van der Waals surface area contributed by atoms with Crippen LogP contribution in [0.5, 0.6) is 5.75 Å². The number of phenols is 1. The van der Waals surface area contributed by atoms with E-state index in [1.807, 2.05) is 4.90 Å².